The Morgan fingerprint density at radius 1 is 1.25 bits per heavy atom. The summed E-state index contributed by atoms with van der Waals surface area (Å²) in [7, 11) is 0. The van der Waals surface area contributed by atoms with Crippen LogP contribution in [0.2, 0.25) is 0 Å². The minimum Gasteiger partial charge on any atom is -0.343 e. The molecule has 0 aromatic carbocycles. The van der Waals surface area contributed by atoms with E-state index in [2.05, 4.69) is 15.5 Å². The van der Waals surface area contributed by atoms with Crippen molar-refractivity contribution in [3.05, 3.63) is 11.7 Å². The Kier molecular flexibility index (Phi) is 6.63. The normalized spacial score (nSPS) is 26.4. The van der Waals surface area contributed by atoms with Crippen LogP contribution < -0.4 is 11.1 Å². The predicted octanol–water partition coefficient (Wildman–Crippen LogP) is 2.98. The minimum atomic E-state index is -0.464. The number of hydrogen-bond donors (Lipinski definition) is 2. The number of amides is 1. The molecule has 0 spiro atoms. The van der Waals surface area contributed by atoms with Gasteiger partial charge >= 0.3 is 0 Å². The van der Waals surface area contributed by atoms with Gasteiger partial charge in [0.25, 0.3) is 0 Å². The van der Waals surface area contributed by atoms with Gasteiger partial charge in [-0.3, -0.25) is 4.79 Å². The van der Waals surface area contributed by atoms with E-state index in [1.807, 2.05) is 0 Å². The van der Waals surface area contributed by atoms with E-state index in [4.69, 9.17) is 10.3 Å². The molecule has 0 unspecified atom stereocenters. The van der Waals surface area contributed by atoms with E-state index >= 15 is 0 Å². The molecule has 2 saturated carbocycles. The average molecular weight is 357 g/mol. The molecule has 2 atom stereocenters. The fourth-order valence-electron chi connectivity index (χ4n) is 4.11. The van der Waals surface area contributed by atoms with Gasteiger partial charge in [0.1, 0.15) is 5.54 Å². The second kappa shape index (κ2) is 8.30. The van der Waals surface area contributed by atoms with Crippen LogP contribution >= 0.6 is 12.4 Å². The lowest BCUT2D eigenvalue weighted by molar-refractivity contribution is -0.124. The van der Waals surface area contributed by atoms with Crippen molar-refractivity contribution in [2.24, 2.45) is 11.7 Å². The molecule has 6 nitrogen and oxygen atoms in total. The zero-order chi connectivity index (χ0) is 16.3. The SMILES string of the molecule is Cc1nc(C2(NC(=O)C[C@@H]3CCC[C@H]3N)CCCCCC2)no1.Cl. The molecule has 0 radical (unpaired) electrons. The third-order valence-corrected chi connectivity index (χ3v) is 5.46. The Morgan fingerprint density at radius 2 is 1.96 bits per heavy atom. The van der Waals surface area contributed by atoms with Crippen molar-refractivity contribution in [2.45, 2.75) is 82.7 Å². The Bertz CT molecular complexity index is 540. The summed E-state index contributed by atoms with van der Waals surface area (Å²) in [5.74, 6) is 1.58. The highest BCUT2D eigenvalue weighted by molar-refractivity contribution is 5.85. The lowest BCUT2D eigenvalue weighted by Crippen LogP contribution is -2.47. The largest absolute Gasteiger partial charge is 0.343 e. The van der Waals surface area contributed by atoms with E-state index in [9.17, 15) is 4.79 Å². The van der Waals surface area contributed by atoms with Crippen LogP contribution in [-0.2, 0) is 10.3 Å². The van der Waals surface area contributed by atoms with E-state index in [0.717, 1.165) is 44.9 Å². The third kappa shape index (κ3) is 4.28. The molecule has 2 aliphatic rings. The second-order valence-electron chi connectivity index (χ2n) is 7.24. The first kappa shape index (κ1) is 19.2. The summed E-state index contributed by atoms with van der Waals surface area (Å²) >= 11 is 0. The van der Waals surface area contributed by atoms with Gasteiger partial charge in [-0.05, 0) is 31.6 Å². The molecule has 3 N–H and O–H groups in total. The number of carbonyl (C=O) groups is 1. The van der Waals surface area contributed by atoms with Gasteiger partial charge in [0.05, 0.1) is 0 Å². The summed E-state index contributed by atoms with van der Waals surface area (Å²) in [6, 6.07) is 0.165. The number of halogens is 1. The fourth-order valence-corrected chi connectivity index (χ4v) is 4.11. The molecule has 7 heteroatoms. The third-order valence-electron chi connectivity index (χ3n) is 5.46. The molecule has 0 saturated heterocycles. The van der Waals surface area contributed by atoms with E-state index in [0.29, 0.717) is 24.1 Å². The average Bonchev–Trinajstić information content (AvgIpc) is 3.04. The van der Waals surface area contributed by atoms with Gasteiger partial charge < -0.3 is 15.6 Å². The summed E-state index contributed by atoms with van der Waals surface area (Å²) in [5.41, 5.74) is 5.65. The molecular formula is C17H29ClN4O2. The number of nitrogens with one attached hydrogen (secondary N) is 1. The second-order valence-corrected chi connectivity index (χ2v) is 7.24. The summed E-state index contributed by atoms with van der Waals surface area (Å²) in [6.45, 7) is 1.79. The molecule has 0 bridgehead atoms. The highest BCUT2D eigenvalue weighted by Gasteiger charge is 2.39. The summed E-state index contributed by atoms with van der Waals surface area (Å²) in [6.07, 6.45) is 10.1. The zero-order valence-corrected chi connectivity index (χ0v) is 15.2. The monoisotopic (exact) mass is 356 g/mol. The van der Waals surface area contributed by atoms with E-state index in [1.54, 1.807) is 6.92 Å². The summed E-state index contributed by atoms with van der Waals surface area (Å²) < 4.78 is 5.18. The zero-order valence-electron chi connectivity index (χ0n) is 14.4. The van der Waals surface area contributed by atoms with Gasteiger partial charge in [-0.1, -0.05) is 37.3 Å². The first-order valence-electron chi connectivity index (χ1n) is 8.96. The molecule has 136 valence electrons. The first-order chi connectivity index (χ1) is 11.1. The Morgan fingerprint density at radius 3 is 2.50 bits per heavy atom. The van der Waals surface area contributed by atoms with Crippen LogP contribution in [0.4, 0.5) is 0 Å². The van der Waals surface area contributed by atoms with Crippen LogP contribution in [0.3, 0.4) is 0 Å². The molecular weight excluding hydrogens is 328 g/mol. The van der Waals surface area contributed by atoms with Gasteiger partial charge in [-0.25, -0.2) is 0 Å². The highest BCUT2D eigenvalue weighted by atomic mass is 35.5. The molecule has 24 heavy (non-hydrogen) atoms. The predicted molar refractivity (Wildman–Crippen MR) is 93.7 cm³/mol. The smallest absolute Gasteiger partial charge is 0.223 e. The Hall–Kier alpha value is -1.14. The van der Waals surface area contributed by atoms with Gasteiger partial charge in [0.2, 0.25) is 11.8 Å². The molecule has 1 aromatic heterocycles. The number of rotatable bonds is 4. The van der Waals surface area contributed by atoms with E-state index in [-0.39, 0.29) is 24.4 Å². The Balaban J connectivity index is 0.00000208. The molecule has 0 aliphatic heterocycles. The van der Waals surface area contributed by atoms with Gasteiger partial charge in [-0.15, -0.1) is 12.4 Å². The van der Waals surface area contributed by atoms with Crippen molar-refractivity contribution < 1.29 is 9.32 Å². The van der Waals surface area contributed by atoms with Crippen LogP contribution in [0.15, 0.2) is 4.52 Å². The van der Waals surface area contributed by atoms with Gasteiger partial charge in [0.15, 0.2) is 5.82 Å². The number of aromatic nitrogens is 2. The van der Waals surface area contributed by atoms with Gasteiger partial charge in [-0.2, -0.15) is 4.98 Å². The molecule has 1 aromatic rings. The molecule has 2 fully saturated rings. The number of hydrogen-bond acceptors (Lipinski definition) is 5. The number of nitrogens with zero attached hydrogens (tertiary/aromatic N) is 2. The van der Waals surface area contributed by atoms with Crippen LogP contribution in [0.5, 0.6) is 0 Å². The maximum Gasteiger partial charge on any atom is 0.223 e. The number of aryl methyl sites for hydroxylation is 1. The lowest BCUT2D eigenvalue weighted by Gasteiger charge is -2.31. The van der Waals surface area contributed by atoms with Crippen LogP contribution in [0.25, 0.3) is 0 Å². The van der Waals surface area contributed by atoms with Crippen molar-refractivity contribution in [3.63, 3.8) is 0 Å². The van der Waals surface area contributed by atoms with Crippen molar-refractivity contribution in [1.29, 1.82) is 0 Å². The lowest BCUT2D eigenvalue weighted by atomic mass is 9.88. The van der Waals surface area contributed by atoms with Crippen molar-refractivity contribution >= 4 is 18.3 Å². The number of nitrogens with two attached hydrogens (primary N) is 1. The fraction of sp³-hybridized carbons (Fsp3) is 0.824. The first-order valence-corrected chi connectivity index (χ1v) is 8.96. The van der Waals surface area contributed by atoms with Crippen molar-refractivity contribution in [2.75, 3.05) is 0 Å². The molecule has 1 heterocycles. The Labute approximate surface area is 149 Å². The van der Waals surface area contributed by atoms with Crippen molar-refractivity contribution in [1.82, 2.24) is 15.5 Å². The summed E-state index contributed by atoms with van der Waals surface area (Å²) in [4.78, 5) is 17.1. The summed E-state index contributed by atoms with van der Waals surface area (Å²) in [5, 5.41) is 7.40. The maximum absolute atomic E-state index is 12.7. The van der Waals surface area contributed by atoms with E-state index in [1.165, 1.54) is 12.8 Å². The van der Waals surface area contributed by atoms with Crippen LogP contribution in [0, 0.1) is 12.8 Å². The van der Waals surface area contributed by atoms with Crippen LogP contribution in [0.1, 0.15) is 75.9 Å². The quantitative estimate of drug-likeness (QED) is 0.809. The molecule has 3 rings (SSSR count). The maximum atomic E-state index is 12.7. The minimum absolute atomic E-state index is 0. The van der Waals surface area contributed by atoms with Gasteiger partial charge in [0, 0.05) is 19.4 Å². The topological polar surface area (TPSA) is 94.0 Å². The highest BCUT2D eigenvalue weighted by Crippen LogP contribution is 2.35. The van der Waals surface area contributed by atoms with E-state index < -0.39 is 5.54 Å². The van der Waals surface area contributed by atoms with Crippen LogP contribution in [-0.4, -0.2) is 22.1 Å². The molecule has 1 amide bonds. The standard InChI is InChI=1S/C17H28N4O2.ClH/c1-12-19-16(21-23-12)17(9-4-2-3-5-10-17)20-15(22)11-13-7-6-8-14(13)18;/h13-14H,2-11,18H2,1H3,(H,20,22);1H/t13-,14+;/m0./s1. The number of carbonyl (C=O) groups excluding carboxylic acids is 1. The van der Waals surface area contributed by atoms with Crippen molar-refractivity contribution in [3.8, 4) is 0 Å². The molecule has 2 aliphatic carbocycles.